The number of nitrogens with one attached hydrogen (secondary N) is 2. The highest BCUT2D eigenvalue weighted by atomic mass is 16.5. The summed E-state index contributed by atoms with van der Waals surface area (Å²) in [7, 11) is 1.41. The Balaban J connectivity index is 1.77. The number of rotatable bonds is 5. The monoisotopic (exact) mass is 424 g/mol. The van der Waals surface area contributed by atoms with Crippen LogP contribution in [0.4, 0.5) is 0 Å². The van der Waals surface area contributed by atoms with E-state index >= 15 is 0 Å². The van der Waals surface area contributed by atoms with Crippen molar-refractivity contribution in [1.29, 1.82) is 0 Å². The van der Waals surface area contributed by atoms with Gasteiger partial charge in [0.2, 0.25) is 0 Å². The summed E-state index contributed by atoms with van der Waals surface area (Å²) >= 11 is 0. The summed E-state index contributed by atoms with van der Waals surface area (Å²) in [5.41, 5.74) is 0.391. The molecule has 0 bridgehead atoms. The standard InChI is InChI=1S/C23H24N2O6/c1-23(29)11-15-19(21(27)25-24-15)18(14-8-9-16(26)17(10-14)30-2)20(23)22(28)31-12-13-6-4-3-5-7-13/h3-10,18,20,26,29H,11-12H2,1-2H3,(H2,24,25,27)/t18-,20+,23-/m0/s1. The number of benzene rings is 2. The Hall–Kier alpha value is -3.52. The molecule has 0 saturated carbocycles. The molecule has 162 valence electrons. The maximum atomic E-state index is 13.2. The Morgan fingerprint density at radius 3 is 2.65 bits per heavy atom. The number of phenols is 1. The van der Waals surface area contributed by atoms with E-state index in [1.165, 1.54) is 13.2 Å². The number of methoxy groups -OCH3 is 1. The van der Waals surface area contributed by atoms with E-state index in [0.29, 0.717) is 16.8 Å². The van der Waals surface area contributed by atoms with Gasteiger partial charge in [0, 0.05) is 23.6 Å². The van der Waals surface area contributed by atoms with Crippen LogP contribution >= 0.6 is 0 Å². The molecule has 0 amide bonds. The molecule has 0 unspecified atom stereocenters. The van der Waals surface area contributed by atoms with Crippen molar-refractivity contribution in [3.8, 4) is 11.5 Å². The van der Waals surface area contributed by atoms with Gasteiger partial charge in [-0.25, -0.2) is 0 Å². The molecule has 1 heterocycles. The lowest BCUT2D eigenvalue weighted by Gasteiger charge is -2.40. The van der Waals surface area contributed by atoms with E-state index in [1.807, 2.05) is 30.3 Å². The zero-order valence-electron chi connectivity index (χ0n) is 17.2. The van der Waals surface area contributed by atoms with Crippen LogP contribution in [0.15, 0.2) is 53.3 Å². The molecule has 0 spiro atoms. The normalized spacial score (nSPS) is 22.5. The number of esters is 1. The number of carbonyl (C=O) groups excluding carboxylic acids is 1. The molecular weight excluding hydrogens is 400 g/mol. The number of aromatic amines is 2. The van der Waals surface area contributed by atoms with E-state index in [9.17, 15) is 19.8 Å². The van der Waals surface area contributed by atoms with Crippen LogP contribution in [0.1, 0.15) is 35.2 Å². The number of aliphatic hydroxyl groups is 1. The molecule has 31 heavy (non-hydrogen) atoms. The van der Waals surface area contributed by atoms with Gasteiger partial charge in [0.05, 0.1) is 18.6 Å². The number of aromatic nitrogens is 2. The number of aromatic hydroxyl groups is 1. The Morgan fingerprint density at radius 1 is 1.19 bits per heavy atom. The van der Waals surface area contributed by atoms with Gasteiger partial charge in [-0.2, -0.15) is 0 Å². The molecule has 0 saturated heterocycles. The third-order valence-corrected chi connectivity index (χ3v) is 5.79. The van der Waals surface area contributed by atoms with Gasteiger partial charge in [0.1, 0.15) is 6.61 Å². The minimum atomic E-state index is -1.48. The van der Waals surface area contributed by atoms with Crippen LogP contribution in [-0.4, -0.2) is 39.1 Å². The summed E-state index contributed by atoms with van der Waals surface area (Å²) in [5, 5.41) is 26.6. The molecule has 1 aliphatic carbocycles. The number of ether oxygens (including phenoxy) is 2. The average Bonchev–Trinajstić information content (AvgIpc) is 3.11. The first-order valence-electron chi connectivity index (χ1n) is 9.91. The van der Waals surface area contributed by atoms with Crippen molar-refractivity contribution in [3.63, 3.8) is 0 Å². The van der Waals surface area contributed by atoms with Crippen LogP contribution in [-0.2, 0) is 22.6 Å². The van der Waals surface area contributed by atoms with Gasteiger partial charge in [-0.15, -0.1) is 0 Å². The zero-order valence-corrected chi connectivity index (χ0v) is 17.2. The fourth-order valence-electron chi connectivity index (χ4n) is 4.32. The van der Waals surface area contributed by atoms with Crippen LogP contribution in [0.25, 0.3) is 0 Å². The van der Waals surface area contributed by atoms with Crippen molar-refractivity contribution in [2.45, 2.75) is 31.5 Å². The largest absolute Gasteiger partial charge is 0.504 e. The first-order valence-corrected chi connectivity index (χ1v) is 9.91. The summed E-state index contributed by atoms with van der Waals surface area (Å²) in [4.78, 5) is 25.9. The summed E-state index contributed by atoms with van der Waals surface area (Å²) in [6, 6.07) is 13.8. The van der Waals surface area contributed by atoms with E-state index in [-0.39, 0.29) is 30.1 Å². The quantitative estimate of drug-likeness (QED) is 0.466. The molecule has 8 heteroatoms. The highest BCUT2D eigenvalue weighted by Gasteiger charge is 2.51. The second-order valence-corrected chi connectivity index (χ2v) is 7.99. The lowest BCUT2D eigenvalue weighted by molar-refractivity contribution is -0.161. The lowest BCUT2D eigenvalue weighted by Crippen LogP contribution is -2.50. The van der Waals surface area contributed by atoms with Crippen LogP contribution < -0.4 is 10.3 Å². The van der Waals surface area contributed by atoms with Gasteiger partial charge >= 0.3 is 5.97 Å². The Bertz CT molecular complexity index is 1150. The van der Waals surface area contributed by atoms with Gasteiger partial charge in [0.25, 0.3) is 5.56 Å². The maximum absolute atomic E-state index is 13.2. The average molecular weight is 424 g/mol. The van der Waals surface area contributed by atoms with Gasteiger partial charge in [-0.05, 0) is 30.2 Å². The molecule has 4 rings (SSSR count). The first kappa shape index (κ1) is 20.7. The van der Waals surface area contributed by atoms with E-state index in [4.69, 9.17) is 9.47 Å². The van der Waals surface area contributed by atoms with Crippen molar-refractivity contribution in [2.75, 3.05) is 7.11 Å². The molecule has 8 nitrogen and oxygen atoms in total. The van der Waals surface area contributed by atoms with Gasteiger partial charge in [0.15, 0.2) is 11.5 Å². The number of fused-ring (bicyclic) bond motifs is 1. The van der Waals surface area contributed by atoms with E-state index < -0.39 is 23.4 Å². The number of H-pyrrole nitrogens is 2. The summed E-state index contributed by atoms with van der Waals surface area (Å²) in [6.07, 6.45) is 0.0812. The predicted molar refractivity (Wildman–Crippen MR) is 112 cm³/mol. The Morgan fingerprint density at radius 2 is 1.94 bits per heavy atom. The van der Waals surface area contributed by atoms with Crippen LogP contribution in [0.5, 0.6) is 11.5 Å². The minimum absolute atomic E-state index is 0.0498. The number of hydrogen-bond acceptors (Lipinski definition) is 6. The summed E-state index contributed by atoms with van der Waals surface area (Å²) < 4.78 is 10.8. The van der Waals surface area contributed by atoms with Crippen molar-refractivity contribution in [3.05, 3.63) is 81.3 Å². The molecule has 1 aromatic heterocycles. The Labute approximate surface area is 178 Å². The minimum Gasteiger partial charge on any atom is -0.504 e. The molecule has 1 aliphatic rings. The number of hydrogen-bond donors (Lipinski definition) is 4. The smallest absolute Gasteiger partial charge is 0.313 e. The van der Waals surface area contributed by atoms with Crippen molar-refractivity contribution in [1.82, 2.24) is 10.2 Å². The summed E-state index contributed by atoms with van der Waals surface area (Å²) in [5.74, 6) is -2.33. The van der Waals surface area contributed by atoms with Crippen LogP contribution in [0.3, 0.4) is 0 Å². The lowest BCUT2D eigenvalue weighted by atomic mass is 9.66. The van der Waals surface area contributed by atoms with E-state index in [2.05, 4.69) is 10.2 Å². The second-order valence-electron chi connectivity index (χ2n) is 7.99. The highest BCUT2D eigenvalue weighted by Crippen LogP contribution is 2.46. The zero-order chi connectivity index (χ0) is 22.2. The van der Waals surface area contributed by atoms with Crippen LogP contribution in [0, 0.1) is 5.92 Å². The third kappa shape index (κ3) is 3.82. The van der Waals surface area contributed by atoms with Gasteiger partial charge in [-0.1, -0.05) is 36.4 Å². The molecular formula is C23H24N2O6. The SMILES string of the molecule is COc1cc([C@H]2c3c([nH][nH]c3=O)C[C@](C)(O)[C@H]2C(=O)OCc2ccccc2)ccc1O. The molecule has 0 fully saturated rings. The van der Waals surface area contributed by atoms with E-state index in [0.717, 1.165) is 5.56 Å². The molecule has 3 atom stereocenters. The molecule has 0 radical (unpaired) electrons. The second kappa shape index (κ2) is 7.96. The maximum Gasteiger partial charge on any atom is 0.313 e. The number of phenolic OH excluding ortho intramolecular Hbond substituents is 1. The molecule has 0 aliphatic heterocycles. The van der Waals surface area contributed by atoms with E-state index in [1.54, 1.807) is 19.1 Å². The van der Waals surface area contributed by atoms with Gasteiger partial charge < -0.3 is 24.8 Å². The Kier molecular flexibility index (Phi) is 5.32. The van der Waals surface area contributed by atoms with Crippen molar-refractivity contribution < 1.29 is 24.5 Å². The van der Waals surface area contributed by atoms with Crippen molar-refractivity contribution >= 4 is 5.97 Å². The molecule has 4 N–H and O–H groups in total. The predicted octanol–water partition coefficient (Wildman–Crippen LogP) is 2.22. The first-order chi connectivity index (χ1) is 14.8. The third-order valence-electron chi connectivity index (χ3n) is 5.79. The molecule has 2 aromatic carbocycles. The fourth-order valence-corrected chi connectivity index (χ4v) is 4.32. The fraction of sp³-hybridized carbons (Fsp3) is 0.304. The van der Waals surface area contributed by atoms with Gasteiger partial charge in [-0.3, -0.25) is 14.7 Å². The summed E-state index contributed by atoms with van der Waals surface area (Å²) in [6.45, 7) is 1.61. The molecule has 3 aromatic rings. The van der Waals surface area contributed by atoms with Crippen molar-refractivity contribution in [2.24, 2.45) is 5.92 Å². The van der Waals surface area contributed by atoms with Crippen LogP contribution in [0.2, 0.25) is 0 Å². The number of carbonyl (C=O) groups is 1. The highest BCUT2D eigenvalue weighted by molar-refractivity contribution is 5.77. The topological polar surface area (TPSA) is 125 Å².